The van der Waals surface area contributed by atoms with Crippen LogP contribution in [0.2, 0.25) is 0 Å². The molecule has 0 spiro atoms. The summed E-state index contributed by atoms with van der Waals surface area (Å²) in [4.78, 5) is 11.4. The molecule has 0 saturated carbocycles. The molecule has 2 fully saturated rings. The average Bonchev–Trinajstić information content (AvgIpc) is 2.90. The Morgan fingerprint density at radius 1 is 1.40 bits per heavy atom. The first kappa shape index (κ1) is 14.1. The zero-order valence-electron chi connectivity index (χ0n) is 11.9. The number of nitrogens with zero attached hydrogens (tertiary/aromatic N) is 3. The van der Waals surface area contributed by atoms with E-state index in [0.717, 1.165) is 22.9 Å². The van der Waals surface area contributed by atoms with E-state index in [0.29, 0.717) is 12.0 Å². The minimum atomic E-state index is 0.523. The van der Waals surface area contributed by atoms with Crippen molar-refractivity contribution in [1.82, 2.24) is 14.9 Å². The summed E-state index contributed by atoms with van der Waals surface area (Å²) in [5, 5.41) is 6.75. The fourth-order valence-electron chi connectivity index (χ4n) is 3.26. The summed E-state index contributed by atoms with van der Waals surface area (Å²) in [6, 6.07) is 1.30. The number of fused-ring (bicyclic) bond motifs is 1. The van der Waals surface area contributed by atoms with Gasteiger partial charge in [0.15, 0.2) is 0 Å². The van der Waals surface area contributed by atoms with Gasteiger partial charge in [-0.25, -0.2) is 4.98 Å². The van der Waals surface area contributed by atoms with Gasteiger partial charge >= 0.3 is 0 Å². The first-order valence-corrected chi connectivity index (χ1v) is 8.32. The third-order valence-electron chi connectivity index (χ3n) is 4.24. The molecule has 0 aliphatic carbocycles. The standard InChI is InChI=1S/C14H22BrN5/c1-2-16-14-17-9-12(15)13(19-14)18-10-5-7-20-6-3-4-11(20)8-10/h9-11H,2-8H2,1H3,(H2,16,17,18,19). The summed E-state index contributed by atoms with van der Waals surface area (Å²) in [7, 11) is 0. The van der Waals surface area contributed by atoms with Gasteiger partial charge in [-0.05, 0) is 55.1 Å². The minimum Gasteiger partial charge on any atom is -0.366 e. The molecule has 2 saturated heterocycles. The second kappa shape index (κ2) is 6.26. The van der Waals surface area contributed by atoms with Crippen LogP contribution in [-0.2, 0) is 0 Å². The van der Waals surface area contributed by atoms with E-state index in [2.05, 4.69) is 41.4 Å². The molecule has 2 N–H and O–H groups in total. The molecule has 2 aliphatic rings. The summed E-state index contributed by atoms with van der Waals surface area (Å²) < 4.78 is 0.938. The molecule has 20 heavy (non-hydrogen) atoms. The number of hydrogen-bond acceptors (Lipinski definition) is 5. The highest BCUT2D eigenvalue weighted by molar-refractivity contribution is 9.10. The summed E-state index contributed by atoms with van der Waals surface area (Å²) in [6.07, 6.45) is 6.96. The fourth-order valence-corrected chi connectivity index (χ4v) is 3.57. The van der Waals surface area contributed by atoms with E-state index in [1.54, 1.807) is 0 Å². The Bertz CT molecular complexity index is 467. The monoisotopic (exact) mass is 339 g/mol. The number of piperidine rings is 1. The van der Waals surface area contributed by atoms with Crippen molar-refractivity contribution in [1.29, 1.82) is 0 Å². The number of hydrogen-bond donors (Lipinski definition) is 2. The first-order chi connectivity index (χ1) is 9.76. The minimum absolute atomic E-state index is 0.523. The number of rotatable bonds is 4. The number of nitrogens with one attached hydrogen (secondary N) is 2. The van der Waals surface area contributed by atoms with Crippen LogP contribution in [0.5, 0.6) is 0 Å². The molecular weight excluding hydrogens is 318 g/mol. The number of anilines is 2. The summed E-state index contributed by atoms with van der Waals surface area (Å²) in [6.45, 7) is 5.39. The Morgan fingerprint density at radius 2 is 2.30 bits per heavy atom. The largest absolute Gasteiger partial charge is 0.366 e. The zero-order chi connectivity index (χ0) is 13.9. The van der Waals surface area contributed by atoms with Crippen LogP contribution in [0.4, 0.5) is 11.8 Å². The van der Waals surface area contributed by atoms with Crippen molar-refractivity contribution < 1.29 is 0 Å². The molecule has 0 bridgehead atoms. The van der Waals surface area contributed by atoms with Gasteiger partial charge in [0.2, 0.25) is 5.95 Å². The fraction of sp³-hybridized carbons (Fsp3) is 0.714. The lowest BCUT2D eigenvalue weighted by molar-refractivity contribution is 0.188. The molecule has 2 atom stereocenters. The van der Waals surface area contributed by atoms with Crippen molar-refractivity contribution in [2.45, 2.75) is 44.7 Å². The lowest BCUT2D eigenvalue weighted by atomic mass is 9.97. The van der Waals surface area contributed by atoms with Crippen LogP contribution in [-0.4, -0.2) is 46.6 Å². The SMILES string of the molecule is CCNc1ncc(Br)c(NC2CCN3CCCC3C2)n1. The van der Waals surface area contributed by atoms with Crippen LogP contribution < -0.4 is 10.6 Å². The summed E-state index contributed by atoms with van der Waals surface area (Å²) in [5.41, 5.74) is 0. The van der Waals surface area contributed by atoms with Crippen molar-refractivity contribution in [2.75, 3.05) is 30.3 Å². The second-order valence-corrected chi connectivity index (χ2v) is 6.47. The zero-order valence-corrected chi connectivity index (χ0v) is 13.5. The van der Waals surface area contributed by atoms with Gasteiger partial charge in [0, 0.05) is 31.4 Å². The molecule has 1 aromatic heterocycles. The van der Waals surface area contributed by atoms with Gasteiger partial charge in [-0.3, -0.25) is 0 Å². The van der Waals surface area contributed by atoms with E-state index in [1.807, 2.05) is 13.1 Å². The highest BCUT2D eigenvalue weighted by Crippen LogP contribution is 2.29. The lowest BCUT2D eigenvalue weighted by Crippen LogP contribution is -2.42. The maximum atomic E-state index is 4.55. The molecule has 0 amide bonds. The van der Waals surface area contributed by atoms with Crippen molar-refractivity contribution in [3.63, 3.8) is 0 Å². The van der Waals surface area contributed by atoms with Crippen molar-refractivity contribution >= 4 is 27.7 Å². The van der Waals surface area contributed by atoms with E-state index in [4.69, 9.17) is 0 Å². The summed E-state index contributed by atoms with van der Waals surface area (Å²) in [5.74, 6) is 1.60. The molecule has 5 nitrogen and oxygen atoms in total. The van der Waals surface area contributed by atoms with Crippen molar-refractivity contribution in [3.8, 4) is 0 Å². The van der Waals surface area contributed by atoms with Crippen molar-refractivity contribution in [2.24, 2.45) is 0 Å². The van der Waals surface area contributed by atoms with Gasteiger partial charge in [-0.2, -0.15) is 4.98 Å². The van der Waals surface area contributed by atoms with Gasteiger partial charge in [0.25, 0.3) is 0 Å². The molecule has 1 aromatic rings. The van der Waals surface area contributed by atoms with Crippen LogP contribution in [0.3, 0.4) is 0 Å². The van der Waals surface area contributed by atoms with E-state index in [-0.39, 0.29) is 0 Å². The Morgan fingerprint density at radius 3 is 3.15 bits per heavy atom. The third kappa shape index (κ3) is 3.06. The van der Waals surface area contributed by atoms with Gasteiger partial charge in [0.05, 0.1) is 4.47 Å². The Hall–Kier alpha value is -0.880. The molecular formula is C14H22BrN5. The van der Waals surface area contributed by atoms with Crippen molar-refractivity contribution in [3.05, 3.63) is 10.7 Å². The smallest absolute Gasteiger partial charge is 0.224 e. The molecule has 2 aliphatic heterocycles. The Kier molecular flexibility index (Phi) is 4.41. The predicted molar refractivity (Wildman–Crippen MR) is 85.1 cm³/mol. The number of aromatic nitrogens is 2. The Balaban J connectivity index is 1.66. The van der Waals surface area contributed by atoms with E-state index in [9.17, 15) is 0 Å². The lowest BCUT2D eigenvalue weighted by Gasteiger charge is -2.35. The van der Waals surface area contributed by atoms with E-state index in [1.165, 1.54) is 38.8 Å². The van der Waals surface area contributed by atoms with Gasteiger partial charge in [0.1, 0.15) is 5.82 Å². The number of halogens is 1. The maximum Gasteiger partial charge on any atom is 0.224 e. The third-order valence-corrected chi connectivity index (χ3v) is 4.82. The molecule has 6 heteroatoms. The molecule has 3 heterocycles. The van der Waals surface area contributed by atoms with E-state index < -0.39 is 0 Å². The molecule has 2 unspecified atom stereocenters. The van der Waals surface area contributed by atoms with Gasteiger partial charge < -0.3 is 15.5 Å². The topological polar surface area (TPSA) is 53.1 Å². The molecule has 0 radical (unpaired) electrons. The quantitative estimate of drug-likeness (QED) is 0.883. The average molecular weight is 340 g/mol. The van der Waals surface area contributed by atoms with Gasteiger partial charge in [-0.15, -0.1) is 0 Å². The highest BCUT2D eigenvalue weighted by atomic mass is 79.9. The van der Waals surface area contributed by atoms with Crippen LogP contribution in [0.25, 0.3) is 0 Å². The molecule has 0 aromatic carbocycles. The Labute approximate surface area is 128 Å². The van der Waals surface area contributed by atoms with E-state index >= 15 is 0 Å². The van der Waals surface area contributed by atoms with Crippen LogP contribution in [0, 0.1) is 0 Å². The summed E-state index contributed by atoms with van der Waals surface area (Å²) >= 11 is 3.54. The normalized spacial score (nSPS) is 26.3. The molecule has 3 rings (SSSR count). The van der Waals surface area contributed by atoms with Crippen LogP contribution in [0.15, 0.2) is 10.7 Å². The highest BCUT2D eigenvalue weighted by Gasteiger charge is 2.31. The second-order valence-electron chi connectivity index (χ2n) is 5.62. The van der Waals surface area contributed by atoms with Crippen LogP contribution >= 0.6 is 15.9 Å². The maximum absolute atomic E-state index is 4.55. The first-order valence-electron chi connectivity index (χ1n) is 7.53. The molecule has 110 valence electrons. The van der Waals surface area contributed by atoms with Crippen LogP contribution in [0.1, 0.15) is 32.6 Å². The predicted octanol–water partition coefficient (Wildman–Crippen LogP) is 2.71. The van der Waals surface area contributed by atoms with Gasteiger partial charge in [-0.1, -0.05) is 0 Å².